The number of hydrogen-bond donors (Lipinski definition) is 1. The van der Waals surface area contributed by atoms with Crippen LogP contribution in [0.3, 0.4) is 0 Å². The van der Waals surface area contributed by atoms with Gasteiger partial charge in [-0.3, -0.25) is 4.79 Å². The number of rotatable bonds is 3. The molecule has 1 heterocycles. The molecule has 2 N–H and O–H groups in total. The number of hydrogen-bond acceptors (Lipinski definition) is 3. The van der Waals surface area contributed by atoms with Crippen LogP contribution in [0.5, 0.6) is 0 Å². The Morgan fingerprint density at radius 2 is 2.12 bits per heavy atom. The maximum atomic E-state index is 11.6. The van der Waals surface area contributed by atoms with Crippen molar-refractivity contribution in [3.8, 4) is 0 Å². The standard InChI is InChI=1S/C13H13NO3/c1-8-2-3-9-7-10(4-5-12(14)15)13(16)17-11(9)6-8/h2-3,6-7H,4-5H2,1H3,(H2,14,15). The van der Waals surface area contributed by atoms with E-state index in [1.165, 1.54) is 0 Å². The maximum Gasteiger partial charge on any atom is 0.339 e. The molecule has 0 unspecified atom stereocenters. The van der Waals surface area contributed by atoms with Gasteiger partial charge in [0.15, 0.2) is 0 Å². The molecule has 1 amide bonds. The minimum atomic E-state index is -0.423. The lowest BCUT2D eigenvalue weighted by Crippen LogP contribution is -2.14. The van der Waals surface area contributed by atoms with Crippen LogP contribution in [-0.2, 0) is 11.2 Å². The van der Waals surface area contributed by atoms with Gasteiger partial charge in [0.05, 0.1) is 0 Å². The van der Waals surface area contributed by atoms with E-state index in [1.54, 1.807) is 6.07 Å². The molecule has 0 radical (unpaired) electrons. The van der Waals surface area contributed by atoms with E-state index in [0.29, 0.717) is 17.6 Å². The highest BCUT2D eigenvalue weighted by atomic mass is 16.4. The smallest absolute Gasteiger partial charge is 0.339 e. The summed E-state index contributed by atoms with van der Waals surface area (Å²) in [4.78, 5) is 22.3. The summed E-state index contributed by atoms with van der Waals surface area (Å²) in [7, 11) is 0. The van der Waals surface area contributed by atoms with Crippen LogP contribution in [0.4, 0.5) is 0 Å². The van der Waals surface area contributed by atoms with Crippen LogP contribution in [-0.4, -0.2) is 5.91 Å². The highest BCUT2D eigenvalue weighted by molar-refractivity contribution is 5.78. The third kappa shape index (κ3) is 2.53. The van der Waals surface area contributed by atoms with E-state index in [9.17, 15) is 9.59 Å². The summed E-state index contributed by atoms with van der Waals surface area (Å²) < 4.78 is 5.20. The molecule has 2 aromatic rings. The van der Waals surface area contributed by atoms with E-state index in [-0.39, 0.29) is 6.42 Å². The SMILES string of the molecule is Cc1ccc2cc(CCC(N)=O)c(=O)oc2c1. The van der Waals surface area contributed by atoms with E-state index < -0.39 is 11.5 Å². The average Bonchev–Trinajstić information content (AvgIpc) is 2.26. The normalized spacial score (nSPS) is 10.6. The van der Waals surface area contributed by atoms with Crippen LogP contribution < -0.4 is 11.4 Å². The van der Waals surface area contributed by atoms with Crippen molar-refractivity contribution in [3.05, 3.63) is 45.8 Å². The molecule has 88 valence electrons. The molecule has 0 aliphatic heterocycles. The van der Waals surface area contributed by atoms with Gasteiger partial charge < -0.3 is 10.2 Å². The number of fused-ring (bicyclic) bond motifs is 1. The van der Waals surface area contributed by atoms with E-state index in [0.717, 1.165) is 10.9 Å². The summed E-state index contributed by atoms with van der Waals surface area (Å²) in [5.74, 6) is -0.423. The monoisotopic (exact) mass is 231 g/mol. The van der Waals surface area contributed by atoms with Crippen molar-refractivity contribution in [1.29, 1.82) is 0 Å². The molecule has 0 bridgehead atoms. The van der Waals surface area contributed by atoms with E-state index >= 15 is 0 Å². The molecule has 0 spiro atoms. The number of aryl methyl sites for hydroxylation is 2. The summed E-state index contributed by atoms with van der Waals surface area (Å²) in [6.45, 7) is 1.93. The van der Waals surface area contributed by atoms with Crippen molar-refractivity contribution < 1.29 is 9.21 Å². The molecule has 1 aromatic carbocycles. The van der Waals surface area contributed by atoms with Crippen LogP contribution >= 0.6 is 0 Å². The Kier molecular flexibility index (Phi) is 2.95. The van der Waals surface area contributed by atoms with Gasteiger partial charge in [-0.2, -0.15) is 0 Å². The van der Waals surface area contributed by atoms with E-state index in [2.05, 4.69) is 0 Å². The summed E-state index contributed by atoms with van der Waals surface area (Å²) in [5.41, 5.74) is 6.74. The maximum absolute atomic E-state index is 11.6. The van der Waals surface area contributed by atoms with Crippen molar-refractivity contribution >= 4 is 16.9 Å². The molecule has 1 aromatic heterocycles. The fourth-order valence-corrected chi connectivity index (χ4v) is 1.69. The number of benzene rings is 1. The van der Waals surface area contributed by atoms with Gasteiger partial charge in [0, 0.05) is 17.4 Å². The predicted octanol–water partition coefficient (Wildman–Crippen LogP) is 1.52. The van der Waals surface area contributed by atoms with Gasteiger partial charge in [-0.15, -0.1) is 0 Å². The van der Waals surface area contributed by atoms with Crippen LogP contribution in [0.25, 0.3) is 11.0 Å². The van der Waals surface area contributed by atoms with Crippen LogP contribution in [0, 0.1) is 6.92 Å². The predicted molar refractivity (Wildman–Crippen MR) is 64.7 cm³/mol. The Morgan fingerprint density at radius 3 is 2.82 bits per heavy atom. The van der Waals surface area contributed by atoms with Gasteiger partial charge in [0.1, 0.15) is 5.58 Å². The first kappa shape index (κ1) is 11.4. The fourth-order valence-electron chi connectivity index (χ4n) is 1.69. The minimum absolute atomic E-state index is 0.155. The number of amides is 1. The molecular formula is C13H13NO3. The molecule has 4 heteroatoms. The number of carbonyl (C=O) groups excluding carboxylic acids is 1. The lowest BCUT2D eigenvalue weighted by molar-refractivity contribution is -0.117. The van der Waals surface area contributed by atoms with Crippen molar-refractivity contribution in [2.75, 3.05) is 0 Å². The molecule has 0 aliphatic rings. The molecule has 0 saturated carbocycles. The Balaban J connectivity index is 2.45. The highest BCUT2D eigenvalue weighted by Gasteiger charge is 2.06. The molecule has 4 nitrogen and oxygen atoms in total. The van der Waals surface area contributed by atoms with Crippen LogP contribution in [0.2, 0.25) is 0 Å². The zero-order valence-corrected chi connectivity index (χ0v) is 9.53. The van der Waals surface area contributed by atoms with Crippen molar-refractivity contribution in [1.82, 2.24) is 0 Å². The molecule has 2 rings (SSSR count). The Morgan fingerprint density at radius 1 is 1.35 bits per heavy atom. The fraction of sp³-hybridized carbons (Fsp3) is 0.231. The topological polar surface area (TPSA) is 73.3 Å². The summed E-state index contributed by atoms with van der Waals surface area (Å²) in [6, 6.07) is 7.40. The number of carbonyl (C=O) groups is 1. The first-order valence-electron chi connectivity index (χ1n) is 5.38. The van der Waals surface area contributed by atoms with Crippen molar-refractivity contribution in [2.24, 2.45) is 5.73 Å². The molecule has 0 aliphatic carbocycles. The molecular weight excluding hydrogens is 218 g/mol. The summed E-state index contributed by atoms with van der Waals surface area (Å²) >= 11 is 0. The zero-order chi connectivity index (χ0) is 12.4. The average molecular weight is 231 g/mol. The number of nitrogens with two attached hydrogens (primary N) is 1. The Labute approximate surface area is 98.0 Å². The second-order valence-electron chi connectivity index (χ2n) is 4.07. The van der Waals surface area contributed by atoms with Crippen molar-refractivity contribution in [3.63, 3.8) is 0 Å². The first-order valence-corrected chi connectivity index (χ1v) is 5.38. The van der Waals surface area contributed by atoms with Gasteiger partial charge in [-0.05, 0) is 31.0 Å². The lowest BCUT2D eigenvalue weighted by Gasteiger charge is -2.01. The first-order chi connectivity index (χ1) is 8.06. The minimum Gasteiger partial charge on any atom is -0.423 e. The molecule has 0 atom stereocenters. The van der Waals surface area contributed by atoms with Gasteiger partial charge in [-0.1, -0.05) is 12.1 Å². The van der Waals surface area contributed by atoms with Gasteiger partial charge in [-0.25, -0.2) is 4.79 Å². The molecule has 0 fully saturated rings. The zero-order valence-electron chi connectivity index (χ0n) is 9.53. The highest BCUT2D eigenvalue weighted by Crippen LogP contribution is 2.15. The third-order valence-corrected chi connectivity index (χ3v) is 2.60. The second-order valence-corrected chi connectivity index (χ2v) is 4.07. The molecule has 17 heavy (non-hydrogen) atoms. The van der Waals surface area contributed by atoms with Gasteiger partial charge in [0.2, 0.25) is 5.91 Å². The number of primary amides is 1. The van der Waals surface area contributed by atoms with Crippen LogP contribution in [0.15, 0.2) is 33.5 Å². The summed E-state index contributed by atoms with van der Waals surface area (Å²) in [6.07, 6.45) is 0.476. The van der Waals surface area contributed by atoms with Crippen molar-refractivity contribution in [2.45, 2.75) is 19.8 Å². The third-order valence-electron chi connectivity index (χ3n) is 2.60. The van der Waals surface area contributed by atoms with Crippen LogP contribution in [0.1, 0.15) is 17.5 Å². The van der Waals surface area contributed by atoms with Gasteiger partial charge >= 0.3 is 5.63 Å². The second kappa shape index (κ2) is 4.41. The summed E-state index contributed by atoms with van der Waals surface area (Å²) in [5, 5.41) is 0.856. The largest absolute Gasteiger partial charge is 0.423 e. The van der Waals surface area contributed by atoms with Gasteiger partial charge in [0.25, 0.3) is 0 Å². The Bertz CT molecular complexity index is 628. The molecule has 0 saturated heterocycles. The van der Waals surface area contributed by atoms with E-state index in [1.807, 2.05) is 25.1 Å². The van der Waals surface area contributed by atoms with E-state index in [4.69, 9.17) is 10.2 Å². The Hall–Kier alpha value is -2.10. The lowest BCUT2D eigenvalue weighted by atomic mass is 10.1. The quantitative estimate of drug-likeness (QED) is 0.814.